The molecule has 8 nitrogen and oxygen atoms in total. The fourth-order valence-corrected chi connectivity index (χ4v) is 5.06. The monoisotopic (exact) mass is 474 g/mol. The van der Waals surface area contributed by atoms with Gasteiger partial charge in [0.2, 0.25) is 5.91 Å². The van der Waals surface area contributed by atoms with Gasteiger partial charge in [-0.3, -0.25) is 14.2 Å². The van der Waals surface area contributed by atoms with Crippen LogP contribution in [0.15, 0.2) is 60.3 Å². The molecule has 0 saturated carbocycles. The highest BCUT2D eigenvalue weighted by Gasteiger charge is 2.25. The number of nitrogens with zero attached hydrogens (tertiary/aromatic N) is 5. The highest BCUT2D eigenvalue weighted by Crippen LogP contribution is 2.24. The van der Waals surface area contributed by atoms with Gasteiger partial charge in [-0.25, -0.2) is 9.97 Å². The van der Waals surface area contributed by atoms with Crippen LogP contribution in [0.4, 0.5) is 0 Å². The largest absolute Gasteiger partial charge is 0.345 e. The second kappa shape index (κ2) is 9.34. The van der Waals surface area contributed by atoms with Crippen LogP contribution in [0.1, 0.15) is 21.5 Å². The summed E-state index contributed by atoms with van der Waals surface area (Å²) in [6.45, 7) is 6.24. The zero-order valence-electron chi connectivity index (χ0n) is 19.2. The maximum Gasteiger partial charge on any atom is 0.254 e. The molecule has 0 unspecified atom stereocenters. The van der Waals surface area contributed by atoms with E-state index in [0.29, 0.717) is 37.5 Å². The number of aryl methyl sites for hydroxylation is 2. The molecule has 2 aromatic heterocycles. The molecule has 0 aliphatic carbocycles. The molecule has 2 amide bonds. The van der Waals surface area contributed by atoms with E-state index in [0.717, 1.165) is 27.4 Å². The van der Waals surface area contributed by atoms with Crippen molar-refractivity contribution in [3.8, 4) is 5.69 Å². The number of imidazole rings is 2. The third-order valence-electron chi connectivity index (χ3n) is 6.14. The average molecular weight is 475 g/mol. The quantitative estimate of drug-likeness (QED) is 0.448. The lowest BCUT2D eigenvalue weighted by molar-refractivity contribution is -0.129. The van der Waals surface area contributed by atoms with Crippen molar-refractivity contribution in [1.82, 2.24) is 29.3 Å². The van der Waals surface area contributed by atoms with Gasteiger partial charge in [0.05, 0.1) is 28.8 Å². The molecule has 0 atom stereocenters. The Morgan fingerprint density at radius 1 is 1.00 bits per heavy atom. The number of amides is 2. The fraction of sp³-hybridized carbons (Fsp3) is 0.280. The molecule has 3 heterocycles. The molecule has 174 valence electrons. The third-order valence-corrected chi connectivity index (χ3v) is 7.09. The number of hydrogen-bond donors (Lipinski definition) is 1. The highest BCUT2D eigenvalue weighted by atomic mass is 32.2. The first-order valence-electron chi connectivity index (χ1n) is 11.2. The molecule has 4 aromatic rings. The summed E-state index contributed by atoms with van der Waals surface area (Å²) in [6, 6.07) is 11.8. The summed E-state index contributed by atoms with van der Waals surface area (Å²) in [5.41, 5.74) is 5.72. The van der Waals surface area contributed by atoms with Gasteiger partial charge in [0, 0.05) is 44.1 Å². The normalized spacial score (nSPS) is 14.1. The van der Waals surface area contributed by atoms with E-state index in [-0.39, 0.29) is 11.8 Å². The van der Waals surface area contributed by atoms with Crippen molar-refractivity contribution in [3.63, 3.8) is 0 Å². The molecule has 1 aliphatic heterocycles. The molecule has 2 aromatic carbocycles. The predicted molar refractivity (Wildman–Crippen MR) is 132 cm³/mol. The standard InChI is InChI=1S/C25H26N6O2S/c1-17-3-4-18(2)22(13-17)31-8-7-26-25(31)34-15-23(32)29-9-11-30(12-10-29)24(33)19-5-6-20-21(14-19)28-16-27-20/h3-8,13-14,16H,9-12,15H2,1-2H3,(H,27,28). The van der Waals surface area contributed by atoms with Crippen LogP contribution < -0.4 is 0 Å². The number of hydrogen-bond acceptors (Lipinski definition) is 5. The maximum atomic E-state index is 12.9. The smallest absolute Gasteiger partial charge is 0.254 e. The number of thioether (sulfide) groups is 1. The molecule has 0 radical (unpaired) electrons. The lowest BCUT2D eigenvalue weighted by Crippen LogP contribution is -2.51. The van der Waals surface area contributed by atoms with Crippen LogP contribution in [0.3, 0.4) is 0 Å². The molecular weight excluding hydrogens is 448 g/mol. The molecule has 1 fully saturated rings. The summed E-state index contributed by atoms with van der Waals surface area (Å²) < 4.78 is 2.04. The first-order valence-corrected chi connectivity index (χ1v) is 12.2. The summed E-state index contributed by atoms with van der Waals surface area (Å²) in [5, 5.41) is 0.796. The van der Waals surface area contributed by atoms with Crippen LogP contribution in [-0.2, 0) is 4.79 Å². The van der Waals surface area contributed by atoms with E-state index >= 15 is 0 Å². The summed E-state index contributed by atoms with van der Waals surface area (Å²) in [7, 11) is 0. The Kier molecular flexibility index (Phi) is 6.10. The molecule has 1 saturated heterocycles. The van der Waals surface area contributed by atoms with Gasteiger partial charge >= 0.3 is 0 Å². The van der Waals surface area contributed by atoms with E-state index in [2.05, 4.69) is 47.0 Å². The lowest BCUT2D eigenvalue weighted by Gasteiger charge is -2.34. The summed E-state index contributed by atoms with van der Waals surface area (Å²) in [5.74, 6) is 0.354. The van der Waals surface area contributed by atoms with E-state index in [1.807, 2.05) is 32.7 Å². The second-order valence-electron chi connectivity index (χ2n) is 8.47. The van der Waals surface area contributed by atoms with Gasteiger partial charge in [-0.1, -0.05) is 23.9 Å². The Morgan fingerprint density at radius 3 is 2.62 bits per heavy atom. The van der Waals surface area contributed by atoms with Gasteiger partial charge in [0.15, 0.2) is 5.16 Å². The van der Waals surface area contributed by atoms with E-state index in [4.69, 9.17) is 0 Å². The van der Waals surface area contributed by atoms with Gasteiger partial charge < -0.3 is 14.8 Å². The van der Waals surface area contributed by atoms with Gasteiger partial charge in [-0.15, -0.1) is 0 Å². The fourth-order valence-electron chi connectivity index (χ4n) is 4.19. The van der Waals surface area contributed by atoms with E-state index in [9.17, 15) is 9.59 Å². The number of benzene rings is 2. The number of H-pyrrole nitrogens is 1. The zero-order chi connectivity index (χ0) is 23.7. The number of aromatic amines is 1. The van der Waals surface area contributed by atoms with Crippen LogP contribution in [0.5, 0.6) is 0 Å². The molecule has 1 aliphatic rings. The minimum atomic E-state index is -0.0199. The number of piperazine rings is 1. The van der Waals surface area contributed by atoms with Crippen molar-refractivity contribution in [2.24, 2.45) is 0 Å². The SMILES string of the molecule is Cc1ccc(C)c(-n2ccnc2SCC(=O)N2CCN(C(=O)c3ccc4nc[nH]c4c3)CC2)c1. The van der Waals surface area contributed by atoms with Crippen LogP contribution in [0.25, 0.3) is 16.7 Å². The summed E-state index contributed by atoms with van der Waals surface area (Å²) in [4.78, 5) is 41.1. The van der Waals surface area contributed by atoms with Crippen molar-refractivity contribution in [2.45, 2.75) is 19.0 Å². The van der Waals surface area contributed by atoms with Crippen LogP contribution in [0.2, 0.25) is 0 Å². The van der Waals surface area contributed by atoms with Crippen molar-refractivity contribution in [2.75, 3.05) is 31.9 Å². The number of fused-ring (bicyclic) bond motifs is 1. The van der Waals surface area contributed by atoms with Crippen LogP contribution >= 0.6 is 11.8 Å². The van der Waals surface area contributed by atoms with Gasteiger partial charge in [-0.05, 0) is 49.2 Å². The average Bonchev–Trinajstić information content (AvgIpc) is 3.52. The van der Waals surface area contributed by atoms with Crippen molar-refractivity contribution in [3.05, 3.63) is 71.8 Å². The minimum Gasteiger partial charge on any atom is -0.345 e. The first-order chi connectivity index (χ1) is 16.5. The molecule has 5 rings (SSSR count). The first kappa shape index (κ1) is 22.2. The number of carbonyl (C=O) groups excluding carboxylic acids is 2. The Hall–Kier alpha value is -3.59. The molecule has 1 N–H and O–H groups in total. The molecule has 0 spiro atoms. The van der Waals surface area contributed by atoms with Crippen molar-refractivity contribution >= 4 is 34.6 Å². The second-order valence-corrected chi connectivity index (χ2v) is 9.41. The maximum absolute atomic E-state index is 12.9. The topological polar surface area (TPSA) is 87.1 Å². The van der Waals surface area contributed by atoms with Gasteiger partial charge in [0.1, 0.15) is 0 Å². The molecular formula is C25H26N6O2S. The number of carbonyl (C=O) groups is 2. The lowest BCUT2D eigenvalue weighted by atomic mass is 10.1. The Labute approximate surface area is 202 Å². The number of rotatable bonds is 5. The predicted octanol–water partition coefficient (Wildman–Crippen LogP) is 3.44. The summed E-state index contributed by atoms with van der Waals surface area (Å²) in [6.07, 6.45) is 5.31. The van der Waals surface area contributed by atoms with Gasteiger partial charge in [0.25, 0.3) is 5.91 Å². The minimum absolute atomic E-state index is 0.0199. The van der Waals surface area contributed by atoms with Gasteiger partial charge in [-0.2, -0.15) is 0 Å². The molecule has 9 heteroatoms. The van der Waals surface area contributed by atoms with E-state index < -0.39 is 0 Å². The number of nitrogens with one attached hydrogen (secondary N) is 1. The molecule has 0 bridgehead atoms. The zero-order valence-corrected chi connectivity index (χ0v) is 20.0. The molecule has 34 heavy (non-hydrogen) atoms. The van der Waals surface area contributed by atoms with Crippen LogP contribution in [-0.4, -0.2) is 73.1 Å². The van der Waals surface area contributed by atoms with E-state index in [1.54, 1.807) is 18.6 Å². The third kappa shape index (κ3) is 4.43. The van der Waals surface area contributed by atoms with Crippen molar-refractivity contribution < 1.29 is 9.59 Å². The summed E-state index contributed by atoms with van der Waals surface area (Å²) >= 11 is 1.44. The van der Waals surface area contributed by atoms with E-state index in [1.165, 1.54) is 17.3 Å². The van der Waals surface area contributed by atoms with Crippen LogP contribution in [0, 0.1) is 13.8 Å². The Balaban J connectivity index is 1.17. The Bertz CT molecular complexity index is 1350. The highest BCUT2D eigenvalue weighted by molar-refractivity contribution is 7.99. The van der Waals surface area contributed by atoms with Crippen molar-refractivity contribution in [1.29, 1.82) is 0 Å². The Morgan fingerprint density at radius 2 is 1.79 bits per heavy atom. The number of aromatic nitrogens is 4.